The predicted octanol–water partition coefficient (Wildman–Crippen LogP) is 13.3. The van der Waals surface area contributed by atoms with Crippen molar-refractivity contribution in [1.29, 1.82) is 0 Å². The lowest BCUT2D eigenvalue weighted by molar-refractivity contribution is 0.562. The zero-order chi connectivity index (χ0) is 43.5. The molecule has 0 fully saturated rings. The average molecular weight is 845 g/mol. The molecule has 63 heavy (non-hydrogen) atoms. The summed E-state index contributed by atoms with van der Waals surface area (Å²) in [5.74, 6) is 1.03. The molecule has 0 amide bonds. The van der Waals surface area contributed by atoms with Gasteiger partial charge in [0.1, 0.15) is 22.6 Å². The van der Waals surface area contributed by atoms with Crippen LogP contribution in [-0.2, 0) is 0 Å². The fraction of sp³-hybridized carbons (Fsp3) is 0.308. The Balaban J connectivity index is 0.916. The third kappa shape index (κ3) is 8.52. The average Bonchev–Trinajstić information content (AvgIpc) is 4.00. The molecule has 0 aliphatic rings. The largest absolute Gasteiger partial charge is 0.449 e. The fourth-order valence-corrected chi connectivity index (χ4v) is 8.12. The second-order valence-electron chi connectivity index (χ2n) is 16.3. The van der Waals surface area contributed by atoms with Gasteiger partial charge in [0, 0.05) is 78.2 Å². The van der Waals surface area contributed by atoms with E-state index < -0.39 is 5.63 Å². The van der Waals surface area contributed by atoms with Crippen molar-refractivity contribution in [3.8, 4) is 45.2 Å². The minimum Gasteiger partial charge on any atom is -0.449 e. The maximum Gasteiger partial charge on any atom is 0.345 e. The molecule has 0 N–H and O–H groups in total. The lowest BCUT2D eigenvalue weighted by Crippen LogP contribution is -2.25. The first-order valence-electron chi connectivity index (χ1n) is 22.4. The lowest BCUT2D eigenvalue weighted by Gasteiger charge is -2.24. The van der Waals surface area contributed by atoms with Crippen LogP contribution in [0.3, 0.4) is 0 Å². The third-order valence-corrected chi connectivity index (χ3v) is 11.8. The Kier molecular flexibility index (Phi) is 12.0. The molecule has 11 heteroatoms. The second kappa shape index (κ2) is 18.2. The van der Waals surface area contributed by atoms with Crippen molar-refractivity contribution < 1.29 is 22.1 Å². The molecule has 0 atom stereocenters. The van der Waals surface area contributed by atoms with Gasteiger partial charge in [0.15, 0.2) is 16.9 Å². The van der Waals surface area contributed by atoms with E-state index in [0.29, 0.717) is 67.5 Å². The van der Waals surface area contributed by atoms with Gasteiger partial charge in [-0.15, -0.1) is 0 Å². The van der Waals surface area contributed by atoms with Crippen LogP contribution in [0, 0.1) is 0 Å². The maximum atomic E-state index is 13.3. The van der Waals surface area contributed by atoms with Crippen molar-refractivity contribution >= 4 is 55.6 Å². The fourth-order valence-electron chi connectivity index (χ4n) is 8.12. The highest BCUT2D eigenvalue weighted by Crippen LogP contribution is 2.39. The number of aromatic nitrogens is 2. The van der Waals surface area contributed by atoms with Gasteiger partial charge in [-0.3, -0.25) is 4.98 Å². The Bertz CT molecular complexity index is 2910. The van der Waals surface area contributed by atoms with Gasteiger partial charge >= 0.3 is 11.3 Å². The van der Waals surface area contributed by atoms with Gasteiger partial charge in [-0.25, -0.2) is 14.6 Å². The van der Waals surface area contributed by atoms with Crippen LogP contribution in [0.15, 0.2) is 129 Å². The molecule has 0 bridgehead atoms. The molecule has 0 radical (unpaired) electrons. The van der Waals surface area contributed by atoms with Crippen molar-refractivity contribution in [2.24, 2.45) is 0 Å². The molecule has 0 saturated carbocycles. The van der Waals surface area contributed by atoms with E-state index in [1.54, 1.807) is 18.5 Å². The van der Waals surface area contributed by atoms with Crippen LogP contribution < -0.4 is 21.1 Å². The van der Waals surface area contributed by atoms with Gasteiger partial charge in [0.25, 0.3) is 0 Å². The van der Waals surface area contributed by atoms with Crippen LogP contribution in [0.1, 0.15) is 79.1 Å². The minimum absolute atomic E-state index is 0.329. The summed E-state index contributed by atoms with van der Waals surface area (Å²) in [6.07, 6.45) is 12.0. The molecule has 6 aromatic heterocycles. The molecule has 0 unspecified atom stereocenters. The van der Waals surface area contributed by atoms with Gasteiger partial charge in [0.2, 0.25) is 11.2 Å². The summed E-state index contributed by atoms with van der Waals surface area (Å²) in [5.41, 5.74) is 7.60. The van der Waals surface area contributed by atoms with E-state index in [9.17, 15) is 9.59 Å². The topological polar surface area (TPSA) is 132 Å². The van der Waals surface area contributed by atoms with Crippen molar-refractivity contribution in [3.63, 3.8) is 0 Å². The Labute approximate surface area is 365 Å². The number of unbranched alkanes of at least 4 members (excludes halogenated alkanes) is 4. The molecule has 0 spiro atoms. The number of hydrogen-bond acceptors (Lipinski definition) is 11. The predicted molar refractivity (Wildman–Crippen MR) is 252 cm³/mol. The first-order valence-corrected chi connectivity index (χ1v) is 22.4. The summed E-state index contributed by atoms with van der Waals surface area (Å²) in [7, 11) is 0. The number of nitrogens with zero attached hydrogens (tertiary/aromatic N) is 4. The number of rotatable bonds is 18. The summed E-state index contributed by atoms with van der Waals surface area (Å²) in [6.45, 7) is 12.7. The standard InChI is InChI=1S/C52H52N4O7/c1-5-9-21-55(22-10-6-2)37-19-17-35-25-39(51(57)62-43(35)27-37)33-13-15-34(16-14-33)45-29-47-49(60-45)50-48(59-47)30-46(61-50)42-32-53-41(31-54-42)40-26-36-18-20-38(28-44(36)63-52(40)58)56(23-11-7-3)24-12-8-4/h13-20,25-32H,5-12,21-24H2,1-4H3. The van der Waals surface area contributed by atoms with Gasteiger partial charge in [-0.1, -0.05) is 77.6 Å². The summed E-state index contributed by atoms with van der Waals surface area (Å²) in [5, 5.41) is 1.68. The van der Waals surface area contributed by atoms with Crippen molar-refractivity contribution in [3.05, 3.63) is 118 Å². The molecular weight excluding hydrogens is 793 g/mol. The Morgan fingerprint density at radius 3 is 1.43 bits per heavy atom. The van der Waals surface area contributed by atoms with E-state index in [4.69, 9.17) is 22.1 Å². The van der Waals surface area contributed by atoms with Crippen LogP contribution in [0.2, 0.25) is 0 Å². The molecular formula is C52H52N4O7. The van der Waals surface area contributed by atoms with Crippen LogP contribution in [0.4, 0.5) is 11.4 Å². The zero-order valence-electron chi connectivity index (χ0n) is 36.4. The SMILES string of the molecule is CCCCN(CCCC)c1ccc2cc(-c3ccc(-c4cc5oc6cc(-c7cnc(-c8cc9ccc(N(CCCC)CCCC)cc9oc8=O)cn7)oc6c5o4)cc3)c(=O)oc2c1. The summed E-state index contributed by atoms with van der Waals surface area (Å²) >= 11 is 0. The monoisotopic (exact) mass is 844 g/mol. The van der Waals surface area contributed by atoms with Crippen molar-refractivity contribution in [2.75, 3.05) is 36.0 Å². The molecule has 3 aromatic carbocycles. The van der Waals surface area contributed by atoms with Gasteiger partial charge < -0.3 is 31.9 Å². The highest BCUT2D eigenvalue weighted by molar-refractivity contribution is 6.00. The third-order valence-electron chi connectivity index (χ3n) is 11.8. The molecule has 11 nitrogen and oxygen atoms in total. The first kappa shape index (κ1) is 41.5. The van der Waals surface area contributed by atoms with Gasteiger partial charge in [0.05, 0.1) is 29.2 Å². The summed E-state index contributed by atoms with van der Waals surface area (Å²) < 4.78 is 30.4. The number of hydrogen-bond donors (Lipinski definition) is 0. The smallest absolute Gasteiger partial charge is 0.345 e. The quantitative estimate of drug-likeness (QED) is 0.0764. The van der Waals surface area contributed by atoms with Crippen LogP contribution in [0.5, 0.6) is 0 Å². The molecule has 0 aliphatic carbocycles. The van der Waals surface area contributed by atoms with E-state index in [1.165, 1.54) is 0 Å². The molecule has 6 heterocycles. The van der Waals surface area contributed by atoms with E-state index in [-0.39, 0.29) is 5.63 Å². The number of fused-ring (bicyclic) bond motifs is 5. The van der Waals surface area contributed by atoms with Gasteiger partial charge in [-0.05, 0) is 67.6 Å². The zero-order valence-corrected chi connectivity index (χ0v) is 36.4. The normalized spacial score (nSPS) is 11.7. The maximum absolute atomic E-state index is 13.3. The lowest BCUT2D eigenvalue weighted by atomic mass is 10.0. The highest BCUT2D eigenvalue weighted by Gasteiger charge is 2.21. The van der Waals surface area contributed by atoms with E-state index in [2.05, 4.69) is 59.6 Å². The number of anilines is 2. The first-order chi connectivity index (χ1) is 30.8. The molecule has 322 valence electrons. The van der Waals surface area contributed by atoms with Crippen LogP contribution >= 0.6 is 0 Å². The molecule has 0 aliphatic heterocycles. The summed E-state index contributed by atoms with van der Waals surface area (Å²) in [4.78, 5) is 40.4. The van der Waals surface area contributed by atoms with E-state index in [1.807, 2.05) is 66.7 Å². The molecule has 9 aromatic rings. The number of benzene rings is 3. The van der Waals surface area contributed by atoms with Crippen LogP contribution in [-0.4, -0.2) is 36.1 Å². The minimum atomic E-state index is -0.475. The Morgan fingerprint density at radius 1 is 0.444 bits per heavy atom. The highest BCUT2D eigenvalue weighted by atomic mass is 16.4. The van der Waals surface area contributed by atoms with Crippen LogP contribution in [0.25, 0.3) is 89.4 Å². The van der Waals surface area contributed by atoms with Gasteiger partial charge in [-0.2, -0.15) is 0 Å². The van der Waals surface area contributed by atoms with Crippen molar-refractivity contribution in [2.45, 2.75) is 79.1 Å². The second-order valence-corrected chi connectivity index (χ2v) is 16.3. The molecule has 9 rings (SSSR count). The summed E-state index contributed by atoms with van der Waals surface area (Å²) in [6, 6.07) is 27.1. The van der Waals surface area contributed by atoms with E-state index in [0.717, 1.165) is 111 Å². The van der Waals surface area contributed by atoms with Crippen molar-refractivity contribution in [1.82, 2.24) is 9.97 Å². The Hall–Kier alpha value is -6.88. The number of furan rings is 3. The molecule has 0 saturated heterocycles. The van der Waals surface area contributed by atoms with E-state index >= 15 is 0 Å². The Morgan fingerprint density at radius 2 is 0.905 bits per heavy atom.